The van der Waals surface area contributed by atoms with E-state index in [9.17, 15) is 0 Å². The number of aromatic nitrogens is 4. The summed E-state index contributed by atoms with van der Waals surface area (Å²) in [5, 5.41) is 0. The van der Waals surface area contributed by atoms with Crippen LogP contribution in [0.15, 0.2) is 12.7 Å². The van der Waals surface area contributed by atoms with Gasteiger partial charge in [0.2, 0.25) is 0 Å². The van der Waals surface area contributed by atoms with E-state index in [1.54, 1.807) is 6.33 Å². The first kappa shape index (κ1) is 12.1. The van der Waals surface area contributed by atoms with Crippen molar-refractivity contribution in [3.8, 4) is 0 Å². The van der Waals surface area contributed by atoms with Crippen molar-refractivity contribution < 1.29 is 0 Å². The van der Waals surface area contributed by atoms with Crippen LogP contribution in [0, 0.1) is 5.92 Å². The molecular weight excluding hydrogens is 250 g/mol. The third-order valence-electron chi connectivity index (χ3n) is 4.95. The van der Waals surface area contributed by atoms with Gasteiger partial charge >= 0.3 is 0 Å². The largest absolute Gasteiger partial charge is 0.351 e. The highest BCUT2D eigenvalue weighted by Gasteiger charge is 2.40. The average molecular weight is 271 g/mol. The lowest BCUT2D eigenvalue weighted by atomic mass is 9.84. The summed E-state index contributed by atoms with van der Waals surface area (Å²) >= 11 is 0. The molecule has 0 spiro atoms. The summed E-state index contributed by atoms with van der Waals surface area (Å²) in [5.41, 5.74) is 1.94. The summed E-state index contributed by atoms with van der Waals surface area (Å²) in [4.78, 5) is 16.0. The number of hydrogen-bond donors (Lipinski definition) is 0. The van der Waals surface area contributed by atoms with Crippen molar-refractivity contribution in [2.24, 2.45) is 5.92 Å². The van der Waals surface area contributed by atoms with E-state index in [0.717, 1.165) is 36.0 Å². The van der Waals surface area contributed by atoms with Crippen LogP contribution in [-0.2, 0) is 6.54 Å². The molecule has 2 aliphatic rings. The maximum atomic E-state index is 4.55. The van der Waals surface area contributed by atoms with Crippen molar-refractivity contribution in [1.29, 1.82) is 0 Å². The molecule has 1 aliphatic carbocycles. The van der Waals surface area contributed by atoms with E-state index in [4.69, 9.17) is 0 Å². The predicted molar refractivity (Wildman–Crippen MR) is 78.7 cm³/mol. The molecule has 106 valence electrons. The van der Waals surface area contributed by atoms with E-state index in [2.05, 4.69) is 31.3 Å². The van der Waals surface area contributed by atoms with Crippen LogP contribution in [0.25, 0.3) is 11.2 Å². The van der Waals surface area contributed by atoms with Crippen LogP contribution < -0.4 is 4.90 Å². The van der Waals surface area contributed by atoms with Gasteiger partial charge in [-0.15, -0.1) is 0 Å². The first-order valence-electron chi connectivity index (χ1n) is 7.81. The standard InChI is InChI=1S/C15H21N5/c1-2-19-10-18-13-14(19)16-9-17-15(13)20-8-11-6-4-3-5-7-12(11)20/h9-12H,2-8H2,1H3/t11-,12-/m0/s1. The zero-order chi connectivity index (χ0) is 13.5. The van der Waals surface area contributed by atoms with Crippen molar-refractivity contribution in [1.82, 2.24) is 19.5 Å². The van der Waals surface area contributed by atoms with Gasteiger partial charge in [-0.3, -0.25) is 0 Å². The predicted octanol–water partition coefficient (Wildman–Crippen LogP) is 2.62. The first-order chi connectivity index (χ1) is 9.88. The number of rotatable bonds is 2. The molecule has 2 atom stereocenters. The molecule has 4 rings (SSSR count). The first-order valence-corrected chi connectivity index (χ1v) is 7.81. The molecule has 2 fully saturated rings. The van der Waals surface area contributed by atoms with Gasteiger partial charge < -0.3 is 9.47 Å². The molecule has 2 aromatic heterocycles. The Morgan fingerprint density at radius 2 is 2.05 bits per heavy atom. The lowest BCUT2D eigenvalue weighted by molar-refractivity contribution is 0.275. The number of hydrogen-bond acceptors (Lipinski definition) is 4. The zero-order valence-corrected chi connectivity index (χ0v) is 12.0. The van der Waals surface area contributed by atoms with Gasteiger partial charge in [0.05, 0.1) is 6.33 Å². The average Bonchev–Trinajstić information content (AvgIpc) is 2.79. The van der Waals surface area contributed by atoms with Gasteiger partial charge in [0.1, 0.15) is 6.33 Å². The Hall–Kier alpha value is -1.65. The monoisotopic (exact) mass is 271 g/mol. The second-order valence-corrected chi connectivity index (χ2v) is 6.02. The Kier molecular flexibility index (Phi) is 2.86. The van der Waals surface area contributed by atoms with Crippen LogP contribution in [0.1, 0.15) is 39.0 Å². The Morgan fingerprint density at radius 1 is 1.15 bits per heavy atom. The van der Waals surface area contributed by atoms with Crippen LogP contribution in [0.4, 0.5) is 5.82 Å². The van der Waals surface area contributed by atoms with Gasteiger partial charge in [0.15, 0.2) is 17.0 Å². The summed E-state index contributed by atoms with van der Waals surface area (Å²) in [6.07, 6.45) is 10.4. The molecule has 3 heterocycles. The van der Waals surface area contributed by atoms with Crippen LogP contribution >= 0.6 is 0 Å². The normalized spacial score (nSPS) is 26.1. The minimum Gasteiger partial charge on any atom is -0.351 e. The number of imidazole rings is 1. The van der Waals surface area contributed by atoms with Crippen LogP contribution in [0.5, 0.6) is 0 Å². The topological polar surface area (TPSA) is 46.8 Å². The number of fused-ring (bicyclic) bond motifs is 2. The van der Waals surface area contributed by atoms with Crippen molar-refractivity contribution in [2.75, 3.05) is 11.4 Å². The number of anilines is 1. The van der Waals surface area contributed by atoms with Crippen LogP contribution in [-0.4, -0.2) is 32.1 Å². The van der Waals surface area contributed by atoms with E-state index < -0.39 is 0 Å². The molecule has 1 saturated heterocycles. The van der Waals surface area contributed by atoms with Gasteiger partial charge in [-0.05, 0) is 25.7 Å². The summed E-state index contributed by atoms with van der Waals surface area (Å²) < 4.78 is 2.09. The fourth-order valence-corrected chi connectivity index (χ4v) is 3.79. The Morgan fingerprint density at radius 3 is 2.95 bits per heavy atom. The highest BCUT2D eigenvalue weighted by atomic mass is 15.3. The van der Waals surface area contributed by atoms with Gasteiger partial charge in [-0.2, -0.15) is 0 Å². The van der Waals surface area contributed by atoms with E-state index in [0.29, 0.717) is 6.04 Å². The fraction of sp³-hybridized carbons (Fsp3) is 0.667. The lowest BCUT2D eigenvalue weighted by Gasteiger charge is -2.48. The lowest BCUT2D eigenvalue weighted by Crippen LogP contribution is -2.56. The molecule has 0 radical (unpaired) electrons. The molecule has 5 nitrogen and oxygen atoms in total. The maximum Gasteiger partial charge on any atom is 0.165 e. The molecule has 20 heavy (non-hydrogen) atoms. The molecule has 0 amide bonds. The Bertz CT molecular complexity index is 620. The zero-order valence-electron chi connectivity index (χ0n) is 12.0. The highest BCUT2D eigenvalue weighted by molar-refractivity contribution is 5.84. The van der Waals surface area contributed by atoms with Crippen molar-refractivity contribution in [3.63, 3.8) is 0 Å². The summed E-state index contributed by atoms with van der Waals surface area (Å²) in [6.45, 7) is 4.17. The Labute approximate surface area is 119 Å². The minimum atomic E-state index is 0.683. The van der Waals surface area contributed by atoms with Gasteiger partial charge in [0, 0.05) is 19.1 Å². The summed E-state index contributed by atoms with van der Waals surface area (Å²) in [6, 6.07) is 0.683. The smallest absolute Gasteiger partial charge is 0.165 e. The fourth-order valence-electron chi connectivity index (χ4n) is 3.79. The van der Waals surface area contributed by atoms with E-state index in [-0.39, 0.29) is 0 Å². The molecule has 1 aliphatic heterocycles. The molecule has 0 bridgehead atoms. The molecular formula is C15H21N5. The van der Waals surface area contributed by atoms with Crippen molar-refractivity contribution in [3.05, 3.63) is 12.7 Å². The third-order valence-corrected chi connectivity index (χ3v) is 4.95. The van der Waals surface area contributed by atoms with Gasteiger partial charge in [0.25, 0.3) is 0 Å². The molecule has 1 saturated carbocycles. The minimum absolute atomic E-state index is 0.683. The number of nitrogens with zero attached hydrogens (tertiary/aromatic N) is 5. The third kappa shape index (κ3) is 1.72. The van der Waals surface area contributed by atoms with E-state index in [1.165, 1.54) is 32.1 Å². The summed E-state index contributed by atoms with van der Waals surface area (Å²) in [5.74, 6) is 1.92. The quantitative estimate of drug-likeness (QED) is 0.842. The van der Waals surface area contributed by atoms with E-state index >= 15 is 0 Å². The van der Waals surface area contributed by atoms with Crippen LogP contribution in [0.3, 0.4) is 0 Å². The Balaban J connectivity index is 1.70. The highest BCUT2D eigenvalue weighted by Crippen LogP contribution is 2.40. The molecule has 0 N–H and O–H groups in total. The maximum absolute atomic E-state index is 4.55. The molecule has 0 unspecified atom stereocenters. The number of aryl methyl sites for hydroxylation is 1. The molecule has 5 heteroatoms. The molecule has 2 aromatic rings. The van der Waals surface area contributed by atoms with Crippen molar-refractivity contribution >= 4 is 17.0 Å². The summed E-state index contributed by atoms with van der Waals surface area (Å²) in [7, 11) is 0. The SMILES string of the molecule is CCn1cnc2c(N3C[C@@H]4CCCCC[C@@H]43)ncnc21. The van der Waals surface area contributed by atoms with E-state index in [1.807, 2.05) is 6.33 Å². The second-order valence-electron chi connectivity index (χ2n) is 6.02. The van der Waals surface area contributed by atoms with Crippen LogP contribution in [0.2, 0.25) is 0 Å². The van der Waals surface area contributed by atoms with Crippen molar-refractivity contribution in [2.45, 2.75) is 51.6 Å². The molecule has 0 aromatic carbocycles. The van der Waals surface area contributed by atoms with Gasteiger partial charge in [-0.1, -0.05) is 19.3 Å². The second kappa shape index (κ2) is 4.72. The van der Waals surface area contributed by atoms with Gasteiger partial charge in [-0.25, -0.2) is 15.0 Å².